The largest absolute Gasteiger partial charge is 0.416 e. The van der Waals surface area contributed by atoms with Gasteiger partial charge in [-0.15, -0.1) is 0 Å². The minimum atomic E-state index is -4.35. The number of fused-ring (bicyclic) bond motifs is 1. The van der Waals surface area contributed by atoms with Crippen molar-refractivity contribution < 1.29 is 18.0 Å². The Morgan fingerprint density at radius 3 is 2.38 bits per heavy atom. The number of rotatable bonds is 8. The molecular formula is C29H33F3N4O. The Morgan fingerprint density at radius 2 is 1.78 bits per heavy atom. The van der Waals surface area contributed by atoms with Crippen LogP contribution in [0.15, 0.2) is 66.9 Å². The lowest BCUT2D eigenvalue weighted by atomic mass is 9.99. The molecule has 0 spiro atoms. The molecule has 0 saturated heterocycles. The average Bonchev–Trinajstić information content (AvgIpc) is 3.21. The summed E-state index contributed by atoms with van der Waals surface area (Å²) >= 11 is 0. The Hall–Kier alpha value is -3.23. The SMILES string of the molecule is CC(C)[C@H]1c2ncc(C(=O)NCC(c3ccccc3)N(C)C)cc2CN1Cc1ccc(C(F)(F)F)cc1. The van der Waals surface area contributed by atoms with Gasteiger partial charge in [-0.2, -0.15) is 13.2 Å². The van der Waals surface area contributed by atoms with Gasteiger partial charge in [0.2, 0.25) is 0 Å². The maximum absolute atomic E-state index is 13.0. The summed E-state index contributed by atoms with van der Waals surface area (Å²) in [4.78, 5) is 22.0. The van der Waals surface area contributed by atoms with Gasteiger partial charge < -0.3 is 10.2 Å². The summed E-state index contributed by atoms with van der Waals surface area (Å²) in [5.41, 5.74) is 3.68. The van der Waals surface area contributed by atoms with Gasteiger partial charge in [0, 0.05) is 25.8 Å². The number of nitrogens with zero attached hydrogens (tertiary/aromatic N) is 3. The van der Waals surface area contributed by atoms with Crippen LogP contribution in [0.2, 0.25) is 0 Å². The molecule has 1 aliphatic heterocycles. The molecule has 0 saturated carbocycles. The molecule has 0 bridgehead atoms. The van der Waals surface area contributed by atoms with Gasteiger partial charge in [0.1, 0.15) is 0 Å². The number of amides is 1. The summed E-state index contributed by atoms with van der Waals surface area (Å²) in [6, 6.07) is 17.3. The summed E-state index contributed by atoms with van der Waals surface area (Å²) in [7, 11) is 3.97. The minimum Gasteiger partial charge on any atom is -0.350 e. The van der Waals surface area contributed by atoms with Crippen molar-refractivity contribution in [1.82, 2.24) is 20.1 Å². The van der Waals surface area contributed by atoms with E-state index in [4.69, 9.17) is 0 Å². The normalized spacial score (nSPS) is 16.7. The summed E-state index contributed by atoms with van der Waals surface area (Å²) in [6.07, 6.45) is -2.73. The maximum atomic E-state index is 13.0. The number of halogens is 3. The molecule has 2 atom stereocenters. The average molecular weight is 511 g/mol. The number of aromatic nitrogens is 1. The molecule has 4 rings (SSSR count). The van der Waals surface area contributed by atoms with E-state index in [0.717, 1.165) is 34.5 Å². The topological polar surface area (TPSA) is 48.5 Å². The third kappa shape index (κ3) is 6.19. The highest BCUT2D eigenvalue weighted by Crippen LogP contribution is 2.39. The zero-order valence-corrected chi connectivity index (χ0v) is 21.6. The van der Waals surface area contributed by atoms with Gasteiger partial charge in [-0.1, -0.05) is 56.3 Å². The Balaban J connectivity index is 1.47. The highest BCUT2D eigenvalue weighted by atomic mass is 19.4. The van der Waals surface area contributed by atoms with E-state index in [1.54, 1.807) is 6.20 Å². The summed E-state index contributed by atoms with van der Waals surface area (Å²) in [5, 5.41) is 3.05. The minimum absolute atomic E-state index is 0.0191. The lowest BCUT2D eigenvalue weighted by molar-refractivity contribution is -0.137. The summed E-state index contributed by atoms with van der Waals surface area (Å²) in [6.45, 7) is 5.75. The van der Waals surface area contributed by atoms with Crippen LogP contribution in [-0.2, 0) is 19.3 Å². The number of pyridine rings is 1. The Bertz CT molecular complexity index is 1210. The molecule has 3 aromatic rings. The second kappa shape index (κ2) is 11.0. The third-order valence-corrected chi connectivity index (χ3v) is 6.87. The van der Waals surface area contributed by atoms with E-state index in [2.05, 4.69) is 33.9 Å². The number of nitrogens with one attached hydrogen (secondary N) is 1. The van der Waals surface area contributed by atoms with E-state index in [9.17, 15) is 18.0 Å². The molecule has 2 heterocycles. The molecule has 0 radical (unpaired) electrons. The van der Waals surface area contributed by atoms with Crippen molar-refractivity contribution in [2.75, 3.05) is 20.6 Å². The molecule has 1 aromatic heterocycles. The van der Waals surface area contributed by atoms with E-state index in [-0.39, 0.29) is 23.9 Å². The fourth-order valence-corrected chi connectivity index (χ4v) is 5.02. The molecule has 2 aromatic carbocycles. The lowest BCUT2D eigenvalue weighted by Gasteiger charge is -2.27. The lowest BCUT2D eigenvalue weighted by Crippen LogP contribution is -2.34. The second-order valence-corrected chi connectivity index (χ2v) is 10.2. The molecule has 1 unspecified atom stereocenters. The first-order valence-electron chi connectivity index (χ1n) is 12.4. The van der Waals surface area contributed by atoms with Gasteiger partial charge in [0.05, 0.1) is 28.9 Å². The third-order valence-electron chi connectivity index (χ3n) is 6.87. The predicted octanol–water partition coefficient (Wildman–Crippen LogP) is 5.85. The predicted molar refractivity (Wildman–Crippen MR) is 138 cm³/mol. The van der Waals surface area contributed by atoms with Crippen LogP contribution in [0.4, 0.5) is 13.2 Å². The maximum Gasteiger partial charge on any atom is 0.416 e. The van der Waals surface area contributed by atoms with E-state index < -0.39 is 11.7 Å². The number of hydrogen-bond donors (Lipinski definition) is 1. The van der Waals surface area contributed by atoms with Gasteiger partial charge in [0.15, 0.2) is 0 Å². The monoisotopic (exact) mass is 510 g/mol. The standard InChI is InChI=1S/C29H33F3N4O/c1-19(2)27-26-23(18-36(27)17-20-10-12-24(13-11-20)29(30,31)32)14-22(15-33-26)28(37)34-16-25(35(3)4)21-8-6-5-7-9-21/h5-15,19,25,27H,16-18H2,1-4H3,(H,34,37)/t25?,27-/m0/s1. The smallest absolute Gasteiger partial charge is 0.350 e. The Kier molecular flexibility index (Phi) is 7.99. The Labute approximate surface area is 216 Å². The molecule has 8 heteroatoms. The first-order chi connectivity index (χ1) is 17.5. The van der Waals surface area contributed by atoms with Gasteiger partial charge in [-0.05, 0) is 54.9 Å². The van der Waals surface area contributed by atoms with Crippen LogP contribution in [0.25, 0.3) is 0 Å². The van der Waals surface area contributed by atoms with Crippen molar-refractivity contribution in [1.29, 1.82) is 0 Å². The van der Waals surface area contributed by atoms with Crippen LogP contribution in [0.1, 0.15) is 64.2 Å². The second-order valence-electron chi connectivity index (χ2n) is 10.2. The molecule has 196 valence electrons. The number of carbonyl (C=O) groups is 1. The number of benzene rings is 2. The van der Waals surface area contributed by atoms with Crippen LogP contribution in [0, 0.1) is 5.92 Å². The first-order valence-corrected chi connectivity index (χ1v) is 12.4. The molecule has 0 aliphatic carbocycles. The number of alkyl halides is 3. The number of hydrogen-bond acceptors (Lipinski definition) is 4. The van der Waals surface area contributed by atoms with Crippen LogP contribution >= 0.6 is 0 Å². The van der Waals surface area contributed by atoms with Gasteiger partial charge in [-0.25, -0.2) is 0 Å². The van der Waals surface area contributed by atoms with Crippen molar-refractivity contribution in [3.63, 3.8) is 0 Å². The van der Waals surface area contributed by atoms with Gasteiger partial charge in [-0.3, -0.25) is 14.7 Å². The zero-order chi connectivity index (χ0) is 26.7. The van der Waals surface area contributed by atoms with Crippen molar-refractivity contribution in [3.05, 3.63) is 100 Å². The highest BCUT2D eigenvalue weighted by Gasteiger charge is 2.35. The van der Waals surface area contributed by atoms with Gasteiger partial charge >= 0.3 is 6.18 Å². The van der Waals surface area contributed by atoms with Crippen molar-refractivity contribution in [3.8, 4) is 0 Å². The van der Waals surface area contributed by atoms with E-state index in [1.807, 2.05) is 50.5 Å². The van der Waals surface area contributed by atoms with Crippen molar-refractivity contribution in [2.45, 2.75) is 45.2 Å². The zero-order valence-electron chi connectivity index (χ0n) is 21.6. The van der Waals surface area contributed by atoms with Crippen molar-refractivity contribution in [2.24, 2.45) is 5.92 Å². The number of carbonyl (C=O) groups excluding carboxylic acids is 1. The molecule has 1 amide bonds. The van der Waals surface area contributed by atoms with Crippen molar-refractivity contribution >= 4 is 5.91 Å². The van der Waals surface area contributed by atoms with Crippen LogP contribution in [0.3, 0.4) is 0 Å². The highest BCUT2D eigenvalue weighted by molar-refractivity contribution is 5.94. The molecule has 1 N–H and O–H groups in total. The molecule has 37 heavy (non-hydrogen) atoms. The van der Waals surface area contributed by atoms with Crippen LogP contribution < -0.4 is 5.32 Å². The van der Waals surface area contributed by atoms with E-state index in [1.165, 1.54) is 12.1 Å². The molecule has 5 nitrogen and oxygen atoms in total. The quantitative estimate of drug-likeness (QED) is 0.413. The van der Waals surface area contributed by atoms with E-state index in [0.29, 0.717) is 25.2 Å². The number of likely N-dealkylation sites (N-methyl/N-ethyl adjacent to an activating group) is 1. The first kappa shape index (κ1) is 26.8. The fraction of sp³-hybridized carbons (Fsp3) is 0.379. The molecular weight excluding hydrogens is 477 g/mol. The van der Waals surface area contributed by atoms with Crippen LogP contribution in [0.5, 0.6) is 0 Å². The summed E-state index contributed by atoms with van der Waals surface area (Å²) in [5.74, 6) is 0.0648. The summed E-state index contributed by atoms with van der Waals surface area (Å²) < 4.78 is 38.8. The molecule has 0 fully saturated rings. The molecule has 1 aliphatic rings. The van der Waals surface area contributed by atoms with Crippen LogP contribution in [-0.4, -0.2) is 41.3 Å². The fourth-order valence-electron chi connectivity index (χ4n) is 5.02. The Morgan fingerprint density at radius 1 is 1.11 bits per heavy atom. The van der Waals surface area contributed by atoms with Gasteiger partial charge in [0.25, 0.3) is 5.91 Å². The van der Waals surface area contributed by atoms with E-state index >= 15 is 0 Å².